The predicted octanol–water partition coefficient (Wildman–Crippen LogP) is 6.45. The predicted molar refractivity (Wildman–Crippen MR) is 122 cm³/mol. The highest BCUT2D eigenvalue weighted by molar-refractivity contribution is 6.31. The Kier molecular flexibility index (Phi) is 4.91. The number of carbonyl (C=O) groups excluding carboxylic acids is 1. The smallest absolute Gasteiger partial charge is 0.322 e. The van der Waals surface area contributed by atoms with Gasteiger partial charge in [-0.3, -0.25) is 0 Å². The molecule has 5 rings (SSSR count). The van der Waals surface area contributed by atoms with Gasteiger partial charge in [-0.15, -0.1) is 0 Å². The number of aromatic amines is 1. The van der Waals surface area contributed by atoms with Crippen molar-refractivity contribution in [3.63, 3.8) is 0 Å². The van der Waals surface area contributed by atoms with Gasteiger partial charge in [-0.25, -0.2) is 9.18 Å². The van der Waals surface area contributed by atoms with Gasteiger partial charge in [0.2, 0.25) is 0 Å². The first-order valence-electron chi connectivity index (χ1n) is 10.2. The van der Waals surface area contributed by atoms with E-state index in [-0.39, 0.29) is 17.9 Å². The van der Waals surface area contributed by atoms with Crippen LogP contribution in [-0.4, -0.2) is 22.5 Å². The Morgan fingerprint density at radius 1 is 1.13 bits per heavy atom. The zero-order valence-electron chi connectivity index (χ0n) is 17.0. The van der Waals surface area contributed by atoms with E-state index in [2.05, 4.69) is 16.4 Å². The number of hydrogen-bond acceptors (Lipinski definition) is 1. The zero-order valence-corrected chi connectivity index (χ0v) is 17.7. The first-order valence-corrected chi connectivity index (χ1v) is 10.6. The Labute approximate surface area is 184 Å². The van der Waals surface area contributed by atoms with Crippen molar-refractivity contribution < 1.29 is 9.18 Å². The molecule has 0 saturated carbocycles. The van der Waals surface area contributed by atoms with Crippen LogP contribution in [0.1, 0.15) is 28.4 Å². The van der Waals surface area contributed by atoms with Crippen molar-refractivity contribution in [3.8, 4) is 0 Å². The minimum Gasteiger partial charge on any atom is -0.356 e. The van der Waals surface area contributed by atoms with Gasteiger partial charge < -0.3 is 15.2 Å². The van der Waals surface area contributed by atoms with E-state index in [0.717, 1.165) is 34.1 Å². The van der Waals surface area contributed by atoms with Crippen molar-refractivity contribution in [2.75, 3.05) is 11.9 Å². The third-order valence-corrected chi connectivity index (χ3v) is 6.16. The largest absolute Gasteiger partial charge is 0.356 e. The average Bonchev–Trinajstić information content (AvgIpc) is 3.15. The van der Waals surface area contributed by atoms with Crippen LogP contribution in [0.25, 0.3) is 10.9 Å². The molecule has 4 nitrogen and oxygen atoms in total. The van der Waals surface area contributed by atoms with Gasteiger partial charge in [-0.2, -0.15) is 0 Å². The van der Waals surface area contributed by atoms with Crippen LogP contribution in [0.5, 0.6) is 0 Å². The second kappa shape index (κ2) is 7.75. The van der Waals surface area contributed by atoms with Gasteiger partial charge in [0, 0.05) is 33.9 Å². The highest BCUT2D eigenvalue weighted by Crippen LogP contribution is 2.38. The summed E-state index contributed by atoms with van der Waals surface area (Å²) >= 11 is 6.13. The van der Waals surface area contributed by atoms with Crippen molar-refractivity contribution in [1.29, 1.82) is 0 Å². The summed E-state index contributed by atoms with van der Waals surface area (Å²) in [5.41, 5.74) is 5.67. The number of carbonyl (C=O) groups is 1. The highest BCUT2D eigenvalue weighted by atomic mass is 35.5. The molecule has 0 bridgehead atoms. The number of H-pyrrole nitrogens is 1. The van der Waals surface area contributed by atoms with E-state index in [9.17, 15) is 9.18 Å². The Balaban J connectivity index is 1.58. The number of nitrogens with one attached hydrogen (secondary N) is 2. The van der Waals surface area contributed by atoms with Crippen LogP contribution < -0.4 is 5.32 Å². The Bertz CT molecular complexity index is 1280. The van der Waals surface area contributed by atoms with Crippen LogP contribution in [0.3, 0.4) is 0 Å². The molecule has 6 heteroatoms. The normalized spacial score (nSPS) is 15.7. The molecule has 0 radical (unpaired) electrons. The molecular weight excluding hydrogens is 413 g/mol. The SMILES string of the molecule is Cc1ccc(Cl)cc1NC(=O)N1CCc2c([nH]c3ccccc23)C1c1ccc(F)cc1. The van der Waals surface area contributed by atoms with E-state index in [4.69, 9.17) is 11.6 Å². The molecule has 2 N–H and O–H groups in total. The van der Waals surface area contributed by atoms with Crippen LogP contribution in [0.2, 0.25) is 5.02 Å². The molecule has 1 unspecified atom stereocenters. The topological polar surface area (TPSA) is 48.1 Å². The maximum absolute atomic E-state index is 13.6. The first-order chi connectivity index (χ1) is 15.0. The lowest BCUT2D eigenvalue weighted by atomic mass is 9.92. The van der Waals surface area contributed by atoms with Gasteiger partial charge in [0.15, 0.2) is 0 Å². The fourth-order valence-electron chi connectivity index (χ4n) is 4.37. The number of amides is 2. The van der Waals surface area contributed by atoms with Crippen molar-refractivity contribution in [2.45, 2.75) is 19.4 Å². The summed E-state index contributed by atoms with van der Waals surface area (Å²) < 4.78 is 13.6. The third kappa shape index (κ3) is 3.55. The first kappa shape index (κ1) is 19.6. The van der Waals surface area contributed by atoms with Crippen LogP contribution in [0.15, 0.2) is 66.7 Å². The van der Waals surface area contributed by atoms with Crippen molar-refractivity contribution in [2.24, 2.45) is 0 Å². The molecule has 2 heterocycles. The molecular formula is C25H21ClFN3O. The van der Waals surface area contributed by atoms with Gasteiger partial charge in [0.05, 0.1) is 6.04 Å². The minimum atomic E-state index is -0.351. The van der Waals surface area contributed by atoms with Gasteiger partial charge in [0.1, 0.15) is 5.82 Å². The van der Waals surface area contributed by atoms with Crippen molar-refractivity contribution >= 4 is 34.2 Å². The standard InChI is InChI=1S/C25H21ClFN3O/c1-15-6-9-17(26)14-22(15)29-25(31)30-13-12-20-19-4-2-3-5-21(19)28-23(20)24(30)16-7-10-18(27)11-8-16/h2-11,14,24,28H,12-13H2,1H3,(H,29,31). The molecule has 1 aromatic heterocycles. The van der Waals surface area contributed by atoms with E-state index in [0.29, 0.717) is 17.3 Å². The number of halogens is 2. The van der Waals surface area contributed by atoms with E-state index in [1.54, 1.807) is 29.2 Å². The summed E-state index contributed by atoms with van der Waals surface area (Å²) in [6.07, 6.45) is 0.735. The zero-order chi connectivity index (χ0) is 21.5. The summed E-state index contributed by atoms with van der Waals surface area (Å²) in [7, 11) is 0. The number of para-hydroxylation sites is 1. The lowest BCUT2D eigenvalue weighted by Gasteiger charge is -2.36. The molecule has 156 valence electrons. The molecule has 0 fully saturated rings. The van der Waals surface area contributed by atoms with Gasteiger partial charge >= 0.3 is 6.03 Å². The van der Waals surface area contributed by atoms with E-state index in [1.807, 2.05) is 31.2 Å². The lowest BCUT2D eigenvalue weighted by molar-refractivity contribution is 0.193. The molecule has 0 spiro atoms. The van der Waals surface area contributed by atoms with Crippen LogP contribution in [0.4, 0.5) is 14.9 Å². The molecule has 0 saturated heterocycles. The number of hydrogen-bond donors (Lipinski definition) is 2. The number of rotatable bonds is 2. The van der Waals surface area contributed by atoms with E-state index >= 15 is 0 Å². The molecule has 4 aromatic rings. The lowest BCUT2D eigenvalue weighted by Crippen LogP contribution is -2.43. The summed E-state index contributed by atoms with van der Waals surface area (Å²) in [4.78, 5) is 18.7. The van der Waals surface area contributed by atoms with E-state index < -0.39 is 0 Å². The van der Waals surface area contributed by atoms with E-state index in [1.165, 1.54) is 17.7 Å². The van der Waals surface area contributed by atoms with Crippen molar-refractivity contribution in [3.05, 3.63) is 100.0 Å². The third-order valence-electron chi connectivity index (χ3n) is 5.92. The Morgan fingerprint density at radius 3 is 2.71 bits per heavy atom. The summed E-state index contributed by atoms with van der Waals surface area (Å²) in [6, 6.07) is 19.3. The van der Waals surface area contributed by atoms with Gasteiger partial charge in [-0.05, 0) is 60.4 Å². The van der Waals surface area contributed by atoms with Crippen molar-refractivity contribution in [1.82, 2.24) is 9.88 Å². The van der Waals surface area contributed by atoms with Crippen LogP contribution >= 0.6 is 11.6 Å². The maximum atomic E-state index is 13.6. The molecule has 1 aliphatic heterocycles. The molecule has 1 aliphatic rings. The highest BCUT2D eigenvalue weighted by Gasteiger charge is 2.34. The second-order valence-electron chi connectivity index (χ2n) is 7.85. The summed E-state index contributed by atoms with van der Waals surface area (Å²) in [5.74, 6) is -0.304. The summed E-state index contributed by atoms with van der Waals surface area (Å²) in [5, 5.41) is 4.74. The second-order valence-corrected chi connectivity index (χ2v) is 8.29. The Hall–Kier alpha value is -3.31. The molecule has 3 aromatic carbocycles. The molecule has 1 atom stereocenters. The average molecular weight is 434 g/mol. The summed E-state index contributed by atoms with van der Waals surface area (Å²) in [6.45, 7) is 2.47. The van der Waals surface area contributed by atoms with Gasteiger partial charge in [-0.1, -0.05) is 48.0 Å². The molecule has 31 heavy (non-hydrogen) atoms. The number of nitrogens with zero attached hydrogens (tertiary/aromatic N) is 1. The van der Waals surface area contributed by atoms with Crippen LogP contribution in [-0.2, 0) is 6.42 Å². The monoisotopic (exact) mass is 433 g/mol. The fourth-order valence-corrected chi connectivity index (χ4v) is 4.54. The van der Waals surface area contributed by atoms with Gasteiger partial charge in [0.25, 0.3) is 0 Å². The number of aromatic nitrogens is 1. The number of benzene rings is 3. The number of anilines is 1. The Morgan fingerprint density at radius 2 is 1.90 bits per heavy atom. The minimum absolute atomic E-state index is 0.219. The molecule has 0 aliphatic carbocycles. The van der Waals surface area contributed by atoms with Crippen LogP contribution in [0, 0.1) is 12.7 Å². The number of urea groups is 1. The quantitative estimate of drug-likeness (QED) is 0.375. The fraction of sp³-hybridized carbons (Fsp3) is 0.160. The number of fused-ring (bicyclic) bond motifs is 3. The number of aryl methyl sites for hydroxylation is 1. The molecule has 2 amide bonds. The maximum Gasteiger partial charge on any atom is 0.322 e.